The Morgan fingerprint density at radius 3 is 0.957 bits per heavy atom. The fraction of sp³-hybridized carbons (Fsp3) is 0.214. The molecule has 0 spiro atoms. The molecule has 46 heavy (non-hydrogen) atoms. The van der Waals surface area contributed by atoms with Crippen molar-refractivity contribution in [3.63, 3.8) is 0 Å². The van der Waals surface area contributed by atoms with Crippen molar-refractivity contribution in [3.8, 4) is 22.5 Å². The van der Waals surface area contributed by atoms with Crippen LogP contribution >= 0.6 is 23.5 Å². The molecular formula is C28H30Cu2N6O8S2. The minimum atomic E-state index is -1.08. The SMILES string of the molecule is CC(=O)[O-].CC(=O)[O-].CC(=O)[O-].CC(=O)[O-].CSc1nccc(-c2ccncc2)n1.CSc1nccc(-c2ccncc2)n1.[Cu+2].[Cu+2]. The molecule has 4 rings (SSSR count). The number of aliphatic carboxylic acids is 4. The summed E-state index contributed by atoms with van der Waals surface area (Å²) in [5.41, 5.74) is 4.01. The quantitative estimate of drug-likeness (QED) is 0.145. The van der Waals surface area contributed by atoms with E-state index in [9.17, 15) is 0 Å². The first kappa shape index (κ1) is 49.0. The summed E-state index contributed by atoms with van der Waals surface area (Å²) in [5, 5.41) is 37.1. The molecule has 0 bridgehead atoms. The van der Waals surface area contributed by atoms with Gasteiger partial charge in [-0.25, -0.2) is 19.9 Å². The molecule has 0 amide bonds. The van der Waals surface area contributed by atoms with Crippen molar-refractivity contribution in [3.05, 3.63) is 73.6 Å². The van der Waals surface area contributed by atoms with Crippen molar-refractivity contribution in [2.24, 2.45) is 0 Å². The Hall–Kier alpha value is -3.92. The molecule has 0 aliphatic rings. The first-order valence-corrected chi connectivity index (χ1v) is 14.4. The van der Waals surface area contributed by atoms with Crippen LogP contribution in [0.2, 0.25) is 0 Å². The van der Waals surface area contributed by atoms with Crippen LogP contribution in [0.4, 0.5) is 0 Å². The van der Waals surface area contributed by atoms with Crippen molar-refractivity contribution in [2.75, 3.05) is 12.5 Å². The van der Waals surface area contributed by atoms with E-state index in [2.05, 4.69) is 29.9 Å². The molecule has 0 aliphatic carbocycles. The van der Waals surface area contributed by atoms with E-state index in [4.69, 9.17) is 39.6 Å². The average Bonchev–Trinajstić information content (AvgIpc) is 2.97. The smallest absolute Gasteiger partial charge is 0.550 e. The number of carboxylic acids is 4. The molecule has 4 aromatic heterocycles. The summed E-state index contributed by atoms with van der Waals surface area (Å²) >= 11 is 3.08. The molecule has 18 heteroatoms. The van der Waals surface area contributed by atoms with Crippen molar-refractivity contribution < 1.29 is 73.7 Å². The fourth-order valence-electron chi connectivity index (χ4n) is 2.25. The molecule has 4 heterocycles. The molecule has 14 nitrogen and oxygen atoms in total. The molecule has 4 aromatic rings. The third-order valence-corrected chi connectivity index (χ3v) is 4.71. The van der Waals surface area contributed by atoms with Gasteiger partial charge in [-0.15, -0.1) is 0 Å². The Morgan fingerprint density at radius 2 is 0.739 bits per heavy atom. The number of nitrogens with zero attached hydrogens (tertiary/aromatic N) is 6. The second-order valence-corrected chi connectivity index (χ2v) is 8.84. The largest absolute Gasteiger partial charge is 2.00 e. The molecule has 0 unspecified atom stereocenters. The molecule has 0 saturated carbocycles. The van der Waals surface area contributed by atoms with Gasteiger partial charge in [0.2, 0.25) is 0 Å². The maximum atomic E-state index is 8.89. The summed E-state index contributed by atoms with van der Waals surface area (Å²) in [6, 6.07) is 11.5. The first-order valence-electron chi connectivity index (χ1n) is 12.0. The van der Waals surface area contributed by atoms with Crippen LogP contribution in [0.3, 0.4) is 0 Å². The Morgan fingerprint density at radius 1 is 0.500 bits per heavy atom. The second kappa shape index (κ2) is 31.1. The molecule has 0 N–H and O–H groups in total. The van der Waals surface area contributed by atoms with Gasteiger partial charge in [0, 0.05) is 72.2 Å². The molecule has 0 saturated heterocycles. The summed E-state index contributed by atoms with van der Waals surface area (Å²) < 4.78 is 0. The fourth-order valence-corrected chi connectivity index (χ4v) is 2.96. The van der Waals surface area contributed by atoms with E-state index in [-0.39, 0.29) is 34.1 Å². The van der Waals surface area contributed by atoms with Crippen molar-refractivity contribution >= 4 is 47.4 Å². The number of pyridine rings is 2. The van der Waals surface area contributed by atoms with E-state index in [0.29, 0.717) is 0 Å². The molecule has 0 aliphatic heterocycles. The standard InChI is InChI=1S/2C10H9N3S.4C2H4O2.2Cu/c2*1-14-10-12-7-4-9(13-10)8-2-5-11-6-3-8;4*1-2(3)4;;/h2*2-7H,1H3;4*1H3,(H,3,4);;/q;;;;;;2*+2/p-4. The van der Waals surface area contributed by atoms with E-state index in [1.807, 2.05) is 48.9 Å². The molecule has 0 atom stereocenters. The average molecular weight is 770 g/mol. The Balaban J connectivity index is -0.000000257. The molecule has 0 fully saturated rings. The van der Waals surface area contributed by atoms with Crippen LogP contribution in [0.15, 0.2) is 83.9 Å². The predicted molar refractivity (Wildman–Crippen MR) is 157 cm³/mol. The van der Waals surface area contributed by atoms with Gasteiger partial charge in [0.25, 0.3) is 0 Å². The van der Waals surface area contributed by atoms with Crippen LogP contribution in [0.1, 0.15) is 27.7 Å². The third-order valence-electron chi connectivity index (χ3n) is 3.58. The summed E-state index contributed by atoms with van der Waals surface area (Å²) in [6.45, 7) is 3.89. The number of thioether (sulfide) groups is 2. The van der Waals surface area contributed by atoms with Gasteiger partial charge in [0.1, 0.15) is 0 Å². The number of carboxylic acid groups (broad SMARTS) is 4. The number of hydrogen-bond acceptors (Lipinski definition) is 16. The van der Waals surface area contributed by atoms with Crippen LogP contribution in [0.5, 0.6) is 0 Å². The van der Waals surface area contributed by atoms with Crippen LogP contribution in [-0.4, -0.2) is 66.3 Å². The molecule has 0 aromatic carbocycles. The van der Waals surface area contributed by atoms with E-state index in [1.165, 1.54) is 23.5 Å². The van der Waals surface area contributed by atoms with Gasteiger partial charge in [-0.05, 0) is 76.6 Å². The number of carbonyl (C=O) groups excluding carboxylic acids is 4. The summed E-state index contributed by atoms with van der Waals surface area (Å²) in [5.74, 6) is -4.33. The monoisotopic (exact) mass is 768 g/mol. The Labute approximate surface area is 296 Å². The van der Waals surface area contributed by atoms with Crippen LogP contribution in [-0.2, 0) is 53.3 Å². The minimum Gasteiger partial charge on any atom is -0.550 e. The van der Waals surface area contributed by atoms with Gasteiger partial charge in [0.15, 0.2) is 10.3 Å². The Bertz CT molecular complexity index is 1270. The number of carbonyl (C=O) groups is 4. The maximum absolute atomic E-state index is 8.89. The summed E-state index contributed by atoms with van der Waals surface area (Å²) in [7, 11) is 0. The van der Waals surface area contributed by atoms with Crippen LogP contribution in [0.25, 0.3) is 22.5 Å². The minimum absolute atomic E-state index is 0. The van der Waals surface area contributed by atoms with Gasteiger partial charge in [-0.1, -0.05) is 23.5 Å². The number of rotatable bonds is 4. The van der Waals surface area contributed by atoms with E-state index in [1.54, 1.807) is 37.2 Å². The molecular weight excluding hydrogens is 740 g/mol. The van der Waals surface area contributed by atoms with E-state index < -0.39 is 23.9 Å². The van der Waals surface area contributed by atoms with Crippen molar-refractivity contribution in [2.45, 2.75) is 38.0 Å². The topological polar surface area (TPSA) is 238 Å². The number of hydrogen-bond donors (Lipinski definition) is 0. The maximum Gasteiger partial charge on any atom is 2.00 e. The summed E-state index contributed by atoms with van der Waals surface area (Å²) in [6.07, 6.45) is 14.5. The zero-order chi connectivity index (χ0) is 33.9. The van der Waals surface area contributed by atoms with Gasteiger partial charge < -0.3 is 39.6 Å². The molecule has 254 valence electrons. The van der Waals surface area contributed by atoms with E-state index >= 15 is 0 Å². The third kappa shape index (κ3) is 31.5. The van der Waals surface area contributed by atoms with Gasteiger partial charge in [-0.2, -0.15) is 0 Å². The predicted octanol–water partition coefficient (Wildman–Crippen LogP) is -0.459. The zero-order valence-corrected chi connectivity index (χ0v) is 28.8. The normalized spacial score (nSPS) is 8.30. The zero-order valence-electron chi connectivity index (χ0n) is 25.3. The van der Waals surface area contributed by atoms with Crippen molar-refractivity contribution in [1.29, 1.82) is 0 Å². The second-order valence-electron chi connectivity index (χ2n) is 7.30. The summed E-state index contributed by atoms with van der Waals surface area (Å²) in [4.78, 5) is 60.5. The van der Waals surface area contributed by atoms with Crippen LogP contribution < -0.4 is 20.4 Å². The van der Waals surface area contributed by atoms with E-state index in [0.717, 1.165) is 60.5 Å². The first-order chi connectivity index (χ1) is 20.7. The molecule has 2 radical (unpaired) electrons. The van der Waals surface area contributed by atoms with Crippen LogP contribution in [0, 0.1) is 0 Å². The van der Waals surface area contributed by atoms with Gasteiger partial charge in [-0.3, -0.25) is 9.97 Å². The van der Waals surface area contributed by atoms with Crippen molar-refractivity contribution in [1.82, 2.24) is 29.9 Å². The van der Waals surface area contributed by atoms with Gasteiger partial charge >= 0.3 is 34.1 Å². The van der Waals surface area contributed by atoms with Gasteiger partial charge in [0.05, 0.1) is 11.4 Å². The number of aromatic nitrogens is 6. The Kier molecular flexibility index (Phi) is 33.1.